The average molecular weight is 686 g/mol. The highest BCUT2D eigenvalue weighted by Gasteiger charge is 2.27. The minimum Gasteiger partial charge on any atom is -0.379 e. The molecule has 0 N–H and O–H groups in total. The fraction of sp³-hybridized carbons (Fsp3) is 0.649. The summed E-state index contributed by atoms with van der Waals surface area (Å²) in [7, 11) is -1.27. The van der Waals surface area contributed by atoms with Crippen LogP contribution in [0, 0.1) is 11.3 Å². The Morgan fingerprint density at radius 2 is 1.04 bits per heavy atom. The molecule has 1 unspecified atom stereocenters. The Labute approximate surface area is 291 Å². The first-order valence-corrected chi connectivity index (χ1v) is 18.8. The van der Waals surface area contributed by atoms with Crippen molar-refractivity contribution in [2.75, 3.05) is 98.7 Å². The van der Waals surface area contributed by atoms with Gasteiger partial charge in [-0.15, -0.1) is 0 Å². The maximum Gasteiger partial charge on any atom is 0.259 e. The summed E-state index contributed by atoms with van der Waals surface area (Å²) >= 11 is 0. The summed E-state index contributed by atoms with van der Waals surface area (Å²) in [4.78, 5) is 7.20. The molecule has 0 saturated carbocycles. The second-order valence-corrected chi connectivity index (χ2v) is 14.0. The van der Waals surface area contributed by atoms with Crippen molar-refractivity contribution in [2.45, 2.75) is 59.3 Å². The lowest BCUT2D eigenvalue weighted by Crippen LogP contribution is -2.37. The van der Waals surface area contributed by atoms with Crippen molar-refractivity contribution in [3.63, 3.8) is 0 Å². The summed E-state index contributed by atoms with van der Waals surface area (Å²) < 4.78 is 33.2. The Bertz CT molecular complexity index is 1040. The van der Waals surface area contributed by atoms with Crippen molar-refractivity contribution in [1.29, 1.82) is 5.26 Å². The molecule has 1 aliphatic rings. The molecule has 1 saturated heterocycles. The molecule has 11 heteroatoms. The normalized spacial score (nSPS) is 18.5. The first-order chi connectivity index (χ1) is 23.5. The van der Waals surface area contributed by atoms with Crippen molar-refractivity contribution >= 4 is 8.53 Å². The van der Waals surface area contributed by atoms with E-state index in [0.29, 0.717) is 59.3 Å². The lowest BCUT2D eigenvalue weighted by Gasteiger charge is -2.36. The predicted octanol–water partition coefficient (Wildman–Crippen LogP) is 5.65. The van der Waals surface area contributed by atoms with Crippen molar-refractivity contribution in [2.24, 2.45) is 0 Å². The highest BCUT2D eigenvalue weighted by molar-refractivity contribution is 7.44. The van der Waals surface area contributed by atoms with Crippen LogP contribution in [0.4, 0.5) is 0 Å². The topological polar surface area (TPSA) is 82.9 Å². The van der Waals surface area contributed by atoms with Crippen LogP contribution < -0.4 is 0 Å². The zero-order chi connectivity index (χ0) is 34.2. The van der Waals surface area contributed by atoms with Crippen LogP contribution in [0.2, 0.25) is 0 Å². The van der Waals surface area contributed by atoms with Gasteiger partial charge in [-0.05, 0) is 38.8 Å². The molecule has 268 valence electrons. The van der Waals surface area contributed by atoms with E-state index >= 15 is 0 Å². The van der Waals surface area contributed by atoms with Crippen LogP contribution in [0.1, 0.15) is 45.2 Å². The van der Waals surface area contributed by atoms with Gasteiger partial charge in [0.1, 0.15) is 0 Å². The lowest BCUT2D eigenvalue weighted by molar-refractivity contribution is 0.0332. The molecule has 2 aromatic carbocycles. The molecule has 1 aliphatic heterocycles. The lowest BCUT2D eigenvalue weighted by atomic mass is 10.2. The predicted molar refractivity (Wildman–Crippen MR) is 193 cm³/mol. The average Bonchev–Trinajstić information content (AvgIpc) is 3.07. The highest BCUT2D eigenvalue weighted by Crippen LogP contribution is 2.45. The van der Waals surface area contributed by atoms with E-state index in [2.05, 4.69) is 114 Å². The maximum absolute atomic E-state index is 9.04. The molecular weight excluding hydrogens is 625 g/mol. The van der Waals surface area contributed by atoms with E-state index in [1.807, 2.05) is 0 Å². The van der Waals surface area contributed by atoms with Crippen molar-refractivity contribution < 1.29 is 23.3 Å². The van der Waals surface area contributed by atoms with Gasteiger partial charge >= 0.3 is 0 Å². The van der Waals surface area contributed by atoms with Gasteiger partial charge in [0, 0.05) is 71.0 Å². The number of rotatable bonds is 14. The minimum atomic E-state index is -1.27. The van der Waals surface area contributed by atoms with E-state index in [1.165, 1.54) is 11.1 Å². The second-order valence-electron chi connectivity index (χ2n) is 12.6. The van der Waals surface area contributed by atoms with Crippen molar-refractivity contribution in [3.05, 3.63) is 71.8 Å². The quantitative estimate of drug-likeness (QED) is 0.184. The fourth-order valence-electron chi connectivity index (χ4n) is 5.59. The molecule has 0 aliphatic carbocycles. The van der Waals surface area contributed by atoms with Gasteiger partial charge < -0.3 is 23.3 Å². The van der Waals surface area contributed by atoms with Crippen LogP contribution in [0.25, 0.3) is 0 Å². The smallest absolute Gasteiger partial charge is 0.259 e. The number of nitrogens with zero attached hydrogens (tertiary/aromatic N) is 5. The highest BCUT2D eigenvalue weighted by atomic mass is 31.2. The first-order valence-electron chi connectivity index (χ1n) is 17.7. The molecule has 48 heavy (non-hydrogen) atoms. The molecule has 2 aromatic rings. The number of hydrogen-bond acceptors (Lipinski definition) is 10. The van der Waals surface area contributed by atoms with Crippen LogP contribution in [0.3, 0.4) is 0 Å². The molecule has 10 nitrogen and oxygen atoms in total. The van der Waals surface area contributed by atoms with Gasteiger partial charge in [-0.3, -0.25) is 14.7 Å². The summed E-state index contributed by atoms with van der Waals surface area (Å²) in [5.41, 5.74) is 2.59. The van der Waals surface area contributed by atoms with Crippen LogP contribution >= 0.6 is 8.53 Å². The van der Waals surface area contributed by atoms with E-state index in [0.717, 1.165) is 58.9 Å². The summed E-state index contributed by atoms with van der Waals surface area (Å²) in [5.74, 6) is 0. The largest absolute Gasteiger partial charge is 0.379 e. The third kappa shape index (κ3) is 17.1. The maximum atomic E-state index is 9.04. The van der Waals surface area contributed by atoms with E-state index in [1.54, 1.807) is 0 Å². The van der Waals surface area contributed by atoms with E-state index in [-0.39, 0.29) is 12.1 Å². The Kier molecular flexibility index (Phi) is 21.1. The summed E-state index contributed by atoms with van der Waals surface area (Å²) in [6.45, 7) is 21.0. The molecule has 0 radical (unpaired) electrons. The molecule has 1 fully saturated rings. The minimum absolute atomic E-state index is 0.269. The molecule has 0 amide bonds. The summed E-state index contributed by atoms with van der Waals surface area (Å²) in [5, 5.41) is 9.04. The van der Waals surface area contributed by atoms with Gasteiger partial charge in [0.05, 0.1) is 65.3 Å². The van der Waals surface area contributed by atoms with Crippen molar-refractivity contribution in [3.8, 4) is 6.07 Å². The van der Waals surface area contributed by atoms with Gasteiger partial charge in [0.25, 0.3) is 8.53 Å². The third-order valence-electron chi connectivity index (χ3n) is 8.08. The number of ether oxygens (including phenoxy) is 3. The number of benzene rings is 2. The zero-order valence-electron chi connectivity index (χ0n) is 29.9. The number of hydrogen-bond donors (Lipinski definition) is 0. The monoisotopic (exact) mass is 685 g/mol. The summed E-state index contributed by atoms with van der Waals surface area (Å²) in [6, 6.07) is 23.9. The molecule has 3 rings (SSSR count). The van der Waals surface area contributed by atoms with Crippen LogP contribution in [-0.2, 0) is 36.3 Å². The molecule has 0 spiro atoms. The van der Waals surface area contributed by atoms with E-state index < -0.39 is 8.53 Å². The van der Waals surface area contributed by atoms with E-state index in [9.17, 15) is 0 Å². The van der Waals surface area contributed by atoms with Crippen LogP contribution in [0.15, 0.2) is 60.7 Å². The van der Waals surface area contributed by atoms with Gasteiger partial charge in [-0.2, -0.15) is 5.26 Å². The Hall–Kier alpha value is -2.00. The molecule has 0 aromatic heterocycles. The fourth-order valence-corrected chi connectivity index (χ4v) is 7.17. The van der Waals surface area contributed by atoms with Gasteiger partial charge in [-0.1, -0.05) is 60.7 Å². The zero-order valence-corrected chi connectivity index (χ0v) is 30.8. The second kappa shape index (κ2) is 25.0. The van der Waals surface area contributed by atoms with Gasteiger partial charge in [0.15, 0.2) is 0 Å². The van der Waals surface area contributed by atoms with E-state index in [4.69, 9.17) is 28.5 Å². The molecule has 0 bridgehead atoms. The SMILES string of the molecule is CC(C)N(C(C)C)P(OCCC#N)OCCN1CCOCCN(Cc2ccccc2)CCOCCN(Cc2ccccc2)CCOCC1. The molecule has 1 atom stereocenters. The van der Waals surface area contributed by atoms with Gasteiger partial charge in [-0.25, -0.2) is 4.67 Å². The van der Waals surface area contributed by atoms with Crippen LogP contribution in [-0.4, -0.2) is 130 Å². The Morgan fingerprint density at radius 3 is 1.44 bits per heavy atom. The Morgan fingerprint density at radius 1 is 0.646 bits per heavy atom. The molecular formula is C37H60N5O5P. The standard InChI is InChI=1S/C37H60N5O5P/c1-34(2)42(35(3)4)48(46-24-11-16-38)47-31-23-39-17-25-43-27-19-40(32-36-12-7-5-8-13-36)21-29-45-30-22-41(20-28-44-26-18-39)33-37-14-9-6-10-15-37/h5-10,12-15,34-35H,11,17-33H2,1-4H3. The summed E-state index contributed by atoms with van der Waals surface area (Å²) in [6.07, 6.45) is 0.353. The first kappa shape index (κ1) is 40.4. The third-order valence-corrected chi connectivity index (χ3v) is 10.2. The van der Waals surface area contributed by atoms with Crippen molar-refractivity contribution in [1.82, 2.24) is 19.4 Å². The Balaban J connectivity index is 1.61. The molecule has 1 heterocycles. The van der Waals surface area contributed by atoms with Gasteiger partial charge in [0.2, 0.25) is 0 Å². The number of nitriles is 1. The van der Waals surface area contributed by atoms with Crippen LogP contribution in [0.5, 0.6) is 0 Å².